The van der Waals surface area contributed by atoms with E-state index >= 15 is 0 Å². The van der Waals surface area contributed by atoms with Gasteiger partial charge in [0, 0.05) is 34.4 Å². The van der Waals surface area contributed by atoms with Gasteiger partial charge in [-0.25, -0.2) is 9.97 Å². The molecular formula is C24H22BN5O. The number of hydrogen-bond acceptors (Lipinski definition) is 6. The molecule has 0 saturated carbocycles. The molecule has 7 heteroatoms. The number of para-hydroxylation sites is 1. The van der Waals surface area contributed by atoms with Gasteiger partial charge in [-0.15, -0.1) is 0 Å². The van der Waals surface area contributed by atoms with Crippen LogP contribution < -0.4 is 20.3 Å². The van der Waals surface area contributed by atoms with Crippen molar-refractivity contribution in [3.8, 4) is 0 Å². The second kappa shape index (κ2) is 6.64. The second-order valence-electron chi connectivity index (χ2n) is 8.15. The highest BCUT2D eigenvalue weighted by molar-refractivity contribution is 6.75. The molecule has 0 unspecified atom stereocenters. The van der Waals surface area contributed by atoms with Gasteiger partial charge < -0.3 is 18.9 Å². The summed E-state index contributed by atoms with van der Waals surface area (Å²) < 4.78 is 6.06. The summed E-state index contributed by atoms with van der Waals surface area (Å²) in [5, 5.41) is 2.15. The number of nitrogens with zero attached hydrogens (tertiary/aromatic N) is 5. The number of fused-ring (bicyclic) bond motifs is 4. The molecule has 1 atom stereocenters. The van der Waals surface area contributed by atoms with Crippen LogP contribution in [0.25, 0.3) is 23.3 Å². The molecule has 0 bridgehead atoms. The third-order valence-corrected chi connectivity index (χ3v) is 6.18. The number of benzene rings is 1. The molecule has 0 fully saturated rings. The third-order valence-electron chi connectivity index (χ3n) is 6.18. The number of aryl methyl sites for hydroxylation is 1. The first-order valence-electron chi connectivity index (χ1n) is 10.5. The summed E-state index contributed by atoms with van der Waals surface area (Å²) in [6.45, 7) is 4.22. The van der Waals surface area contributed by atoms with Crippen molar-refractivity contribution in [3.63, 3.8) is 0 Å². The van der Waals surface area contributed by atoms with Crippen LogP contribution >= 0.6 is 0 Å². The summed E-state index contributed by atoms with van der Waals surface area (Å²) in [6, 6.07) is 18.7. The smallest absolute Gasteiger partial charge is 0.405 e. The number of pyridine rings is 2. The lowest BCUT2D eigenvalue weighted by atomic mass is 9.69. The van der Waals surface area contributed by atoms with Crippen molar-refractivity contribution >= 4 is 47.5 Å². The van der Waals surface area contributed by atoms with Crippen LogP contribution in [0.1, 0.15) is 12.6 Å². The van der Waals surface area contributed by atoms with Crippen molar-refractivity contribution in [2.75, 3.05) is 16.8 Å². The highest BCUT2D eigenvalue weighted by Crippen LogP contribution is 2.43. The molecule has 0 aliphatic carbocycles. The van der Waals surface area contributed by atoms with Crippen LogP contribution in [0, 0.1) is 6.92 Å². The van der Waals surface area contributed by atoms with Gasteiger partial charge in [-0.3, -0.25) is 0 Å². The average molecular weight is 407 g/mol. The quantitative estimate of drug-likeness (QED) is 0.476. The van der Waals surface area contributed by atoms with Gasteiger partial charge in [0.25, 0.3) is 0 Å². The van der Waals surface area contributed by atoms with Gasteiger partial charge in [0.1, 0.15) is 0 Å². The molecule has 4 aromatic rings. The normalized spacial score (nSPS) is 17.5. The Labute approximate surface area is 180 Å². The third kappa shape index (κ3) is 2.66. The molecule has 0 spiro atoms. The Bertz CT molecular complexity index is 1420. The maximum atomic E-state index is 6.06. The Morgan fingerprint density at radius 3 is 2.71 bits per heavy atom. The molecule has 152 valence electrons. The first-order valence-corrected chi connectivity index (χ1v) is 10.5. The maximum Gasteiger partial charge on any atom is 0.405 e. The van der Waals surface area contributed by atoms with Crippen molar-refractivity contribution < 1.29 is 4.42 Å². The average Bonchev–Trinajstić information content (AvgIpc) is 3.26. The van der Waals surface area contributed by atoms with Crippen LogP contribution in [0.15, 0.2) is 65.2 Å². The lowest BCUT2D eigenvalue weighted by molar-refractivity contribution is 0.550. The monoisotopic (exact) mass is 407 g/mol. The van der Waals surface area contributed by atoms with Crippen molar-refractivity contribution in [3.05, 3.63) is 77.1 Å². The Morgan fingerprint density at radius 1 is 1.03 bits per heavy atom. The minimum absolute atomic E-state index is 0.0151. The highest BCUT2D eigenvalue weighted by Gasteiger charge is 2.42. The van der Waals surface area contributed by atoms with Crippen molar-refractivity contribution in [1.82, 2.24) is 14.8 Å². The standard InChI is InChI=1S/C24H22BN5O/c1-16-11-12-19-20-14-25(28(3)15-22(20)31-24(19)27-16)30-17(2)29(18-8-5-4-6-9-18)23-21(30)10-7-13-26-23/h4-15,17H,1-3H3/t17-/m0/s1. The van der Waals surface area contributed by atoms with Gasteiger partial charge in [-0.1, -0.05) is 24.2 Å². The number of aromatic nitrogens is 2. The molecule has 2 aliphatic rings. The lowest BCUT2D eigenvalue weighted by Gasteiger charge is -2.36. The van der Waals surface area contributed by atoms with Crippen LogP contribution in [0.5, 0.6) is 0 Å². The fraction of sp³-hybridized carbons (Fsp3) is 0.167. The topological polar surface area (TPSA) is 48.6 Å². The fourth-order valence-electron chi connectivity index (χ4n) is 4.75. The zero-order valence-electron chi connectivity index (χ0n) is 17.7. The van der Waals surface area contributed by atoms with Crippen LogP contribution in [-0.4, -0.2) is 35.0 Å². The minimum Gasteiger partial charge on any atom is -0.436 e. The zero-order chi connectivity index (χ0) is 21.1. The molecule has 0 amide bonds. The number of furan rings is 1. The van der Waals surface area contributed by atoms with Crippen LogP contribution in [0.2, 0.25) is 0 Å². The van der Waals surface area contributed by atoms with E-state index in [1.54, 1.807) is 0 Å². The van der Waals surface area contributed by atoms with E-state index in [0.29, 0.717) is 5.71 Å². The predicted molar refractivity (Wildman–Crippen MR) is 125 cm³/mol. The summed E-state index contributed by atoms with van der Waals surface area (Å²) in [5.74, 6) is 3.25. The molecule has 1 aromatic carbocycles. The highest BCUT2D eigenvalue weighted by atomic mass is 16.3. The maximum absolute atomic E-state index is 6.06. The fourth-order valence-corrected chi connectivity index (χ4v) is 4.75. The number of anilines is 3. The van der Waals surface area contributed by atoms with Crippen molar-refractivity contribution in [2.24, 2.45) is 0 Å². The SMILES string of the molecule is Cc1ccc2c3c(oc2n1)=CN(C)B(N1c2cccnc2N(c2ccccc2)[C@@H]1C)C=3. The van der Waals surface area contributed by atoms with E-state index in [-0.39, 0.29) is 13.1 Å². The van der Waals surface area contributed by atoms with E-state index in [1.807, 2.05) is 31.3 Å². The second-order valence-corrected chi connectivity index (χ2v) is 8.15. The minimum atomic E-state index is 0.0151. The summed E-state index contributed by atoms with van der Waals surface area (Å²) in [4.78, 5) is 16.2. The van der Waals surface area contributed by atoms with Gasteiger partial charge in [0.15, 0.2) is 11.2 Å². The molecule has 6 nitrogen and oxygen atoms in total. The molecule has 0 saturated heterocycles. The number of rotatable bonds is 2. The van der Waals surface area contributed by atoms with Crippen LogP contribution in [0.4, 0.5) is 17.2 Å². The summed E-state index contributed by atoms with van der Waals surface area (Å²) in [5.41, 5.74) is 4.74. The van der Waals surface area contributed by atoms with E-state index in [1.165, 1.54) is 0 Å². The first-order chi connectivity index (χ1) is 15.1. The van der Waals surface area contributed by atoms with E-state index in [4.69, 9.17) is 9.40 Å². The van der Waals surface area contributed by atoms with E-state index < -0.39 is 0 Å². The van der Waals surface area contributed by atoms with Gasteiger partial charge in [0.05, 0.1) is 11.9 Å². The van der Waals surface area contributed by atoms with Gasteiger partial charge in [-0.05, 0) is 57.3 Å². The van der Waals surface area contributed by atoms with E-state index in [9.17, 15) is 0 Å². The van der Waals surface area contributed by atoms with Crippen LogP contribution in [0.3, 0.4) is 0 Å². The van der Waals surface area contributed by atoms with Crippen LogP contribution in [-0.2, 0) is 0 Å². The number of hydrogen-bond donors (Lipinski definition) is 0. The van der Waals surface area contributed by atoms with E-state index in [2.05, 4.69) is 82.1 Å². The molecular weight excluding hydrogens is 385 g/mol. The summed E-state index contributed by atoms with van der Waals surface area (Å²) >= 11 is 0. The lowest BCUT2D eigenvalue weighted by Crippen LogP contribution is -2.56. The molecule has 0 N–H and O–H groups in total. The molecule has 0 radical (unpaired) electrons. The molecule has 31 heavy (non-hydrogen) atoms. The molecule has 3 aromatic heterocycles. The Hall–Kier alpha value is -3.74. The van der Waals surface area contributed by atoms with Gasteiger partial charge >= 0.3 is 6.98 Å². The molecule has 5 heterocycles. The van der Waals surface area contributed by atoms with Crippen molar-refractivity contribution in [2.45, 2.75) is 20.0 Å². The van der Waals surface area contributed by atoms with Crippen molar-refractivity contribution in [1.29, 1.82) is 0 Å². The van der Waals surface area contributed by atoms with Gasteiger partial charge in [-0.2, -0.15) is 0 Å². The molecule has 2 aliphatic heterocycles. The molecule has 6 rings (SSSR count). The van der Waals surface area contributed by atoms with Gasteiger partial charge in [0.2, 0.25) is 5.71 Å². The summed E-state index contributed by atoms with van der Waals surface area (Å²) in [7, 11) is 2.09. The zero-order valence-corrected chi connectivity index (χ0v) is 17.7. The first kappa shape index (κ1) is 18.1. The largest absolute Gasteiger partial charge is 0.436 e. The predicted octanol–water partition coefficient (Wildman–Crippen LogP) is 3.03. The van der Waals surface area contributed by atoms with E-state index in [0.717, 1.165) is 38.9 Å². The Morgan fingerprint density at radius 2 is 1.87 bits per heavy atom. The summed E-state index contributed by atoms with van der Waals surface area (Å²) in [6.07, 6.45) is 4.02. The Balaban J connectivity index is 1.52. The Kier molecular flexibility index (Phi) is 3.87.